The molecule has 0 fully saturated rings. The quantitative estimate of drug-likeness (QED) is 0.590. The van der Waals surface area contributed by atoms with Gasteiger partial charge in [0.2, 0.25) is 17.8 Å². The van der Waals surface area contributed by atoms with Crippen LogP contribution in [0.3, 0.4) is 0 Å². The van der Waals surface area contributed by atoms with Crippen molar-refractivity contribution in [2.75, 3.05) is 16.4 Å². The summed E-state index contributed by atoms with van der Waals surface area (Å²) in [5.41, 5.74) is 10.8. The van der Waals surface area contributed by atoms with Crippen LogP contribution in [0, 0.1) is 0 Å². The van der Waals surface area contributed by atoms with Gasteiger partial charge in [0.25, 0.3) is 0 Å². The molecule has 5 N–H and O–H groups in total. The van der Waals surface area contributed by atoms with E-state index in [-0.39, 0.29) is 11.9 Å². The number of nitrogens with one attached hydrogen (secondary N) is 1. The highest BCUT2D eigenvalue weighted by molar-refractivity contribution is 6.79. The lowest BCUT2D eigenvalue weighted by atomic mass is 10.8. The fourth-order valence-corrected chi connectivity index (χ4v) is 1.58. The molecule has 1 aromatic rings. The van der Waals surface area contributed by atoms with E-state index >= 15 is 0 Å². The maximum absolute atomic E-state index is 5.41. The zero-order chi connectivity index (χ0) is 10.1. The van der Waals surface area contributed by atoms with E-state index in [1.807, 2.05) is 0 Å². The van der Waals surface area contributed by atoms with E-state index in [2.05, 4.69) is 39.6 Å². The molecule has 0 bridgehead atoms. The number of nitrogen functional groups attached to an aromatic ring is 2. The van der Waals surface area contributed by atoms with Crippen molar-refractivity contribution in [1.82, 2.24) is 15.0 Å². The van der Waals surface area contributed by atoms with E-state index in [9.17, 15) is 0 Å². The van der Waals surface area contributed by atoms with E-state index < -0.39 is 8.24 Å². The Bertz CT molecular complexity index is 286. The Morgan fingerprint density at radius 3 is 1.85 bits per heavy atom. The number of nitrogens with zero attached hydrogens (tertiary/aromatic N) is 3. The summed E-state index contributed by atoms with van der Waals surface area (Å²) in [6.45, 7) is 6.38. The van der Waals surface area contributed by atoms with Gasteiger partial charge < -0.3 is 16.4 Å². The molecule has 0 saturated heterocycles. The summed E-state index contributed by atoms with van der Waals surface area (Å²) in [6.07, 6.45) is 0. The minimum atomic E-state index is -1.46. The predicted molar refractivity (Wildman–Crippen MR) is 55.6 cm³/mol. The molecule has 0 spiro atoms. The van der Waals surface area contributed by atoms with Gasteiger partial charge in [0.15, 0.2) is 0 Å². The number of nitrogens with two attached hydrogens (primary N) is 2. The van der Waals surface area contributed by atoms with E-state index in [0.717, 1.165) is 0 Å². The first kappa shape index (κ1) is 9.71. The average molecular weight is 198 g/mol. The molecule has 13 heavy (non-hydrogen) atoms. The van der Waals surface area contributed by atoms with E-state index in [1.54, 1.807) is 0 Å². The second kappa shape index (κ2) is 3.17. The summed E-state index contributed by atoms with van der Waals surface area (Å²) >= 11 is 0. The molecular weight excluding hydrogens is 184 g/mol. The van der Waals surface area contributed by atoms with Crippen LogP contribution >= 0.6 is 0 Å². The molecular formula is C6H14N6Si. The van der Waals surface area contributed by atoms with Gasteiger partial charge in [-0.15, -0.1) is 0 Å². The lowest BCUT2D eigenvalue weighted by Gasteiger charge is -2.17. The molecule has 0 radical (unpaired) electrons. The Labute approximate surface area is 77.9 Å². The molecule has 0 aliphatic heterocycles. The Balaban J connectivity index is 2.90. The molecule has 0 aliphatic carbocycles. The molecule has 72 valence electrons. The van der Waals surface area contributed by atoms with Crippen LogP contribution in [-0.4, -0.2) is 23.2 Å². The molecule has 0 saturated carbocycles. The molecule has 1 rings (SSSR count). The lowest BCUT2D eigenvalue weighted by molar-refractivity contribution is 1.09. The Hall–Kier alpha value is -1.37. The standard InChI is InChI=1S/C6H14N6Si/c1-13(2,3)12-6-10-4(7)9-5(8)11-6/h1-3H3,(H5,7,8,9,10,11,12). The van der Waals surface area contributed by atoms with Crippen LogP contribution in [-0.2, 0) is 0 Å². The van der Waals surface area contributed by atoms with Crippen molar-refractivity contribution in [1.29, 1.82) is 0 Å². The van der Waals surface area contributed by atoms with E-state index in [1.165, 1.54) is 0 Å². The zero-order valence-electron chi connectivity index (χ0n) is 8.00. The fraction of sp³-hybridized carbons (Fsp3) is 0.500. The highest BCUT2D eigenvalue weighted by atomic mass is 28.3. The van der Waals surface area contributed by atoms with E-state index in [0.29, 0.717) is 5.95 Å². The Kier molecular flexibility index (Phi) is 2.37. The highest BCUT2D eigenvalue weighted by Crippen LogP contribution is 2.08. The van der Waals surface area contributed by atoms with Crippen LogP contribution in [0.2, 0.25) is 19.6 Å². The van der Waals surface area contributed by atoms with Gasteiger partial charge in [-0.25, -0.2) is 0 Å². The second-order valence-corrected chi connectivity index (χ2v) is 8.50. The number of hydrogen-bond donors (Lipinski definition) is 3. The molecule has 0 atom stereocenters. The van der Waals surface area contributed by atoms with Crippen molar-refractivity contribution >= 4 is 26.1 Å². The van der Waals surface area contributed by atoms with Crippen molar-refractivity contribution in [3.8, 4) is 0 Å². The van der Waals surface area contributed by atoms with Crippen molar-refractivity contribution in [2.24, 2.45) is 0 Å². The largest absolute Gasteiger partial charge is 0.380 e. The van der Waals surface area contributed by atoms with Crippen LogP contribution in [0.5, 0.6) is 0 Å². The van der Waals surface area contributed by atoms with Crippen LogP contribution in [0.4, 0.5) is 17.8 Å². The van der Waals surface area contributed by atoms with Crippen molar-refractivity contribution in [2.45, 2.75) is 19.6 Å². The summed E-state index contributed by atoms with van der Waals surface area (Å²) in [7, 11) is -1.46. The van der Waals surface area contributed by atoms with Crippen LogP contribution in [0.15, 0.2) is 0 Å². The highest BCUT2D eigenvalue weighted by Gasteiger charge is 2.15. The number of rotatable bonds is 2. The molecule has 1 aromatic heterocycles. The van der Waals surface area contributed by atoms with E-state index in [4.69, 9.17) is 11.5 Å². The molecule has 0 aromatic carbocycles. The van der Waals surface area contributed by atoms with Gasteiger partial charge in [0, 0.05) is 0 Å². The van der Waals surface area contributed by atoms with Crippen molar-refractivity contribution in [3.63, 3.8) is 0 Å². The fourth-order valence-electron chi connectivity index (χ4n) is 0.801. The summed E-state index contributed by atoms with van der Waals surface area (Å²) in [5.74, 6) is 0.755. The lowest BCUT2D eigenvalue weighted by Crippen LogP contribution is -2.33. The number of anilines is 3. The third-order valence-corrected chi connectivity index (χ3v) is 2.13. The first-order chi connectivity index (χ1) is 5.87. The first-order valence-electron chi connectivity index (χ1n) is 3.92. The minimum absolute atomic E-state index is 0.147. The predicted octanol–water partition coefficient (Wildman–Crippen LogP) is 0.283. The first-order valence-corrected chi connectivity index (χ1v) is 7.42. The third kappa shape index (κ3) is 3.24. The zero-order valence-corrected chi connectivity index (χ0v) is 9.00. The molecule has 6 nitrogen and oxygen atoms in total. The normalized spacial score (nSPS) is 11.3. The Morgan fingerprint density at radius 1 is 1.00 bits per heavy atom. The van der Waals surface area contributed by atoms with Crippen molar-refractivity contribution in [3.05, 3.63) is 0 Å². The SMILES string of the molecule is C[Si](C)(C)Nc1nc(N)nc(N)n1. The summed E-state index contributed by atoms with van der Waals surface area (Å²) in [5, 5.41) is 0. The van der Waals surface area contributed by atoms with Gasteiger partial charge in [-0.1, -0.05) is 19.6 Å². The van der Waals surface area contributed by atoms with Crippen LogP contribution < -0.4 is 16.4 Å². The van der Waals surface area contributed by atoms with Gasteiger partial charge in [0.1, 0.15) is 8.24 Å². The Morgan fingerprint density at radius 2 is 1.46 bits per heavy atom. The van der Waals surface area contributed by atoms with Gasteiger partial charge in [0.05, 0.1) is 0 Å². The molecule has 0 aliphatic rings. The molecule has 7 heteroatoms. The molecule has 0 amide bonds. The molecule has 1 heterocycles. The second-order valence-electron chi connectivity index (χ2n) is 3.75. The maximum Gasteiger partial charge on any atom is 0.226 e. The van der Waals surface area contributed by atoms with Crippen LogP contribution in [0.25, 0.3) is 0 Å². The average Bonchev–Trinajstić information content (AvgIpc) is 1.78. The van der Waals surface area contributed by atoms with Gasteiger partial charge in [-0.2, -0.15) is 15.0 Å². The minimum Gasteiger partial charge on any atom is -0.380 e. The van der Waals surface area contributed by atoms with Gasteiger partial charge in [-0.3, -0.25) is 0 Å². The topological polar surface area (TPSA) is 103 Å². The summed E-state index contributed by atoms with van der Waals surface area (Å²) < 4.78 is 0. The number of hydrogen-bond acceptors (Lipinski definition) is 6. The summed E-state index contributed by atoms with van der Waals surface area (Å²) in [4.78, 5) is 14.7. The smallest absolute Gasteiger partial charge is 0.226 e. The van der Waals surface area contributed by atoms with Gasteiger partial charge >= 0.3 is 0 Å². The molecule has 0 unspecified atom stereocenters. The monoisotopic (exact) mass is 198 g/mol. The summed E-state index contributed by atoms with van der Waals surface area (Å²) in [6, 6.07) is 0. The number of aromatic nitrogens is 3. The van der Waals surface area contributed by atoms with Crippen LogP contribution in [0.1, 0.15) is 0 Å². The third-order valence-electron chi connectivity index (χ3n) is 1.16. The van der Waals surface area contributed by atoms with Crippen molar-refractivity contribution < 1.29 is 0 Å². The van der Waals surface area contributed by atoms with Gasteiger partial charge in [-0.05, 0) is 0 Å². The maximum atomic E-state index is 5.41.